The first-order valence-electron chi connectivity index (χ1n) is 6.27. The number of likely N-dealkylation sites (tertiary alicyclic amines) is 1. The molecule has 0 saturated carbocycles. The van der Waals surface area contributed by atoms with E-state index in [2.05, 4.69) is 24.5 Å². The maximum atomic E-state index is 11.7. The van der Waals surface area contributed by atoms with E-state index < -0.39 is 0 Å². The molecule has 1 heterocycles. The Balaban J connectivity index is 2.23. The summed E-state index contributed by atoms with van der Waals surface area (Å²) in [7, 11) is 1.79. The average Bonchev–Trinajstić information content (AvgIpc) is 2.64. The third kappa shape index (κ3) is 4.34. The number of rotatable bonds is 6. The van der Waals surface area contributed by atoms with Gasteiger partial charge in [-0.3, -0.25) is 9.59 Å². The van der Waals surface area contributed by atoms with Gasteiger partial charge in [0, 0.05) is 26.1 Å². The SMILES string of the molecule is CNC1CCN(CCC(=O)NCC(C)C)C1=O. The van der Waals surface area contributed by atoms with E-state index in [1.165, 1.54) is 0 Å². The first-order chi connectivity index (χ1) is 8.04. The monoisotopic (exact) mass is 241 g/mol. The average molecular weight is 241 g/mol. The van der Waals surface area contributed by atoms with Crippen LogP contribution in [-0.4, -0.2) is 49.4 Å². The van der Waals surface area contributed by atoms with Crippen molar-refractivity contribution in [1.29, 1.82) is 0 Å². The summed E-state index contributed by atoms with van der Waals surface area (Å²) in [5, 5.41) is 5.83. The van der Waals surface area contributed by atoms with Crippen molar-refractivity contribution in [3.8, 4) is 0 Å². The Morgan fingerprint density at radius 3 is 2.76 bits per heavy atom. The maximum absolute atomic E-state index is 11.7. The zero-order valence-electron chi connectivity index (χ0n) is 11.0. The summed E-state index contributed by atoms with van der Waals surface area (Å²) in [4.78, 5) is 25.0. The van der Waals surface area contributed by atoms with Crippen LogP contribution in [0.2, 0.25) is 0 Å². The molecule has 1 rings (SSSR count). The van der Waals surface area contributed by atoms with Crippen LogP contribution in [0.4, 0.5) is 0 Å². The van der Waals surface area contributed by atoms with E-state index in [9.17, 15) is 9.59 Å². The van der Waals surface area contributed by atoms with Crippen molar-refractivity contribution in [3.05, 3.63) is 0 Å². The smallest absolute Gasteiger partial charge is 0.239 e. The molecule has 1 aliphatic heterocycles. The summed E-state index contributed by atoms with van der Waals surface area (Å²) in [5.74, 6) is 0.601. The molecule has 0 aromatic heterocycles. The second-order valence-corrected chi connectivity index (χ2v) is 4.90. The minimum atomic E-state index is -0.0614. The van der Waals surface area contributed by atoms with E-state index in [4.69, 9.17) is 0 Å². The first kappa shape index (κ1) is 14.0. The van der Waals surface area contributed by atoms with Crippen molar-refractivity contribution in [2.24, 2.45) is 5.92 Å². The molecule has 1 fully saturated rings. The number of carbonyl (C=O) groups is 2. The molecule has 0 aliphatic carbocycles. The normalized spacial score (nSPS) is 20.1. The predicted octanol–water partition coefficient (Wildman–Crippen LogP) is -0.0310. The zero-order chi connectivity index (χ0) is 12.8. The van der Waals surface area contributed by atoms with Crippen LogP contribution < -0.4 is 10.6 Å². The van der Waals surface area contributed by atoms with E-state index in [-0.39, 0.29) is 17.9 Å². The van der Waals surface area contributed by atoms with Crippen LogP contribution in [0.25, 0.3) is 0 Å². The Morgan fingerprint density at radius 2 is 2.24 bits per heavy atom. The molecule has 98 valence electrons. The maximum Gasteiger partial charge on any atom is 0.239 e. The molecule has 5 heteroatoms. The molecular formula is C12H23N3O2. The van der Waals surface area contributed by atoms with Crippen molar-refractivity contribution >= 4 is 11.8 Å². The highest BCUT2D eigenvalue weighted by Crippen LogP contribution is 2.10. The molecule has 0 bridgehead atoms. The fraction of sp³-hybridized carbons (Fsp3) is 0.833. The van der Waals surface area contributed by atoms with Gasteiger partial charge in [0.05, 0.1) is 6.04 Å². The van der Waals surface area contributed by atoms with Gasteiger partial charge in [-0.2, -0.15) is 0 Å². The van der Waals surface area contributed by atoms with E-state index in [0.29, 0.717) is 25.4 Å². The van der Waals surface area contributed by atoms with Gasteiger partial charge in [0.25, 0.3) is 0 Å². The molecule has 0 spiro atoms. The third-order valence-corrected chi connectivity index (χ3v) is 2.96. The molecule has 2 amide bonds. The van der Waals surface area contributed by atoms with Crippen LogP contribution >= 0.6 is 0 Å². The van der Waals surface area contributed by atoms with Gasteiger partial charge in [0.15, 0.2) is 0 Å². The highest BCUT2D eigenvalue weighted by Gasteiger charge is 2.29. The molecular weight excluding hydrogens is 218 g/mol. The lowest BCUT2D eigenvalue weighted by molar-refractivity contribution is -0.130. The van der Waals surface area contributed by atoms with E-state index in [1.807, 2.05) is 0 Å². The lowest BCUT2D eigenvalue weighted by Gasteiger charge is -2.16. The molecule has 1 atom stereocenters. The number of nitrogens with zero attached hydrogens (tertiary/aromatic N) is 1. The van der Waals surface area contributed by atoms with Gasteiger partial charge >= 0.3 is 0 Å². The molecule has 1 saturated heterocycles. The fourth-order valence-electron chi connectivity index (χ4n) is 1.87. The van der Waals surface area contributed by atoms with Gasteiger partial charge in [0.2, 0.25) is 11.8 Å². The van der Waals surface area contributed by atoms with Gasteiger partial charge in [-0.25, -0.2) is 0 Å². The quantitative estimate of drug-likeness (QED) is 0.686. The number of amides is 2. The van der Waals surface area contributed by atoms with Crippen LogP contribution in [0.3, 0.4) is 0 Å². The number of likely N-dealkylation sites (N-methyl/N-ethyl adjacent to an activating group) is 1. The lowest BCUT2D eigenvalue weighted by Crippen LogP contribution is -2.38. The Morgan fingerprint density at radius 1 is 1.53 bits per heavy atom. The van der Waals surface area contributed by atoms with E-state index >= 15 is 0 Å². The van der Waals surface area contributed by atoms with E-state index in [0.717, 1.165) is 13.0 Å². The van der Waals surface area contributed by atoms with Gasteiger partial charge < -0.3 is 15.5 Å². The summed E-state index contributed by atoms with van der Waals surface area (Å²) >= 11 is 0. The van der Waals surface area contributed by atoms with Crippen molar-refractivity contribution in [2.75, 3.05) is 26.7 Å². The van der Waals surface area contributed by atoms with Crippen molar-refractivity contribution in [1.82, 2.24) is 15.5 Å². The third-order valence-electron chi connectivity index (χ3n) is 2.96. The molecule has 1 unspecified atom stereocenters. The molecule has 5 nitrogen and oxygen atoms in total. The largest absolute Gasteiger partial charge is 0.356 e. The van der Waals surface area contributed by atoms with Gasteiger partial charge in [0.1, 0.15) is 0 Å². The van der Waals surface area contributed by atoms with Crippen molar-refractivity contribution < 1.29 is 9.59 Å². The van der Waals surface area contributed by atoms with Crippen LogP contribution in [0, 0.1) is 5.92 Å². The Kier molecular flexibility index (Phi) is 5.41. The Labute approximate surface area is 103 Å². The highest BCUT2D eigenvalue weighted by molar-refractivity contribution is 5.84. The summed E-state index contributed by atoms with van der Waals surface area (Å²) in [5.41, 5.74) is 0. The zero-order valence-corrected chi connectivity index (χ0v) is 11.0. The van der Waals surface area contributed by atoms with Crippen molar-refractivity contribution in [3.63, 3.8) is 0 Å². The van der Waals surface area contributed by atoms with Crippen molar-refractivity contribution in [2.45, 2.75) is 32.7 Å². The number of hydrogen-bond donors (Lipinski definition) is 2. The minimum Gasteiger partial charge on any atom is -0.356 e. The van der Waals surface area contributed by atoms with Crippen LogP contribution in [-0.2, 0) is 9.59 Å². The van der Waals surface area contributed by atoms with Crippen LogP contribution in [0.5, 0.6) is 0 Å². The Hall–Kier alpha value is -1.10. The standard InChI is InChI=1S/C12H23N3O2/c1-9(2)8-14-11(16)5-7-15-6-4-10(13-3)12(15)17/h9-10,13H,4-8H2,1-3H3,(H,14,16). The van der Waals surface area contributed by atoms with Gasteiger partial charge in [-0.1, -0.05) is 13.8 Å². The van der Waals surface area contributed by atoms with Crippen LogP contribution in [0.1, 0.15) is 26.7 Å². The number of hydrogen-bond acceptors (Lipinski definition) is 3. The predicted molar refractivity (Wildman–Crippen MR) is 66.5 cm³/mol. The Bertz CT molecular complexity index is 279. The molecule has 2 N–H and O–H groups in total. The summed E-state index contributed by atoms with van der Waals surface area (Å²) in [6.07, 6.45) is 1.23. The fourth-order valence-corrected chi connectivity index (χ4v) is 1.87. The van der Waals surface area contributed by atoms with E-state index in [1.54, 1.807) is 11.9 Å². The topological polar surface area (TPSA) is 61.4 Å². The van der Waals surface area contributed by atoms with Gasteiger partial charge in [-0.05, 0) is 19.4 Å². The van der Waals surface area contributed by atoms with Gasteiger partial charge in [-0.15, -0.1) is 0 Å². The molecule has 1 aliphatic rings. The number of carbonyl (C=O) groups excluding carboxylic acids is 2. The van der Waals surface area contributed by atoms with Crippen LogP contribution in [0.15, 0.2) is 0 Å². The summed E-state index contributed by atoms with van der Waals surface area (Å²) in [6.45, 7) is 6.10. The summed E-state index contributed by atoms with van der Waals surface area (Å²) < 4.78 is 0. The number of nitrogens with one attached hydrogen (secondary N) is 2. The molecule has 0 aromatic rings. The second-order valence-electron chi connectivity index (χ2n) is 4.90. The minimum absolute atomic E-state index is 0.0272. The molecule has 0 aromatic carbocycles. The second kappa shape index (κ2) is 6.59. The highest BCUT2D eigenvalue weighted by atomic mass is 16.2. The first-order valence-corrected chi connectivity index (χ1v) is 6.27. The molecule has 17 heavy (non-hydrogen) atoms. The molecule has 0 radical (unpaired) electrons. The summed E-state index contributed by atoms with van der Waals surface area (Å²) in [6, 6.07) is -0.0614. The lowest BCUT2D eigenvalue weighted by atomic mass is 10.2.